The van der Waals surface area contributed by atoms with Gasteiger partial charge in [0.15, 0.2) is 0 Å². The second kappa shape index (κ2) is 5.53. The van der Waals surface area contributed by atoms with Gasteiger partial charge in [0, 0.05) is 24.9 Å². The van der Waals surface area contributed by atoms with Crippen LogP contribution in [0.2, 0.25) is 0 Å². The Morgan fingerprint density at radius 2 is 2.13 bits per heavy atom. The highest BCUT2D eigenvalue weighted by molar-refractivity contribution is 7.99. The van der Waals surface area contributed by atoms with Gasteiger partial charge < -0.3 is 10.6 Å². The highest BCUT2D eigenvalue weighted by Crippen LogP contribution is 2.35. The molecule has 0 bridgehead atoms. The van der Waals surface area contributed by atoms with E-state index in [-0.39, 0.29) is 17.7 Å². The molecule has 0 unspecified atom stereocenters. The summed E-state index contributed by atoms with van der Waals surface area (Å²) in [5, 5.41) is 6.12. The summed E-state index contributed by atoms with van der Waals surface area (Å²) in [4.78, 5) is 27.8. The predicted molar refractivity (Wildman–Crippen MR) is 91.7 cm³/mol. The van der Waals surface area contributed by atoms with Gasteiger partial charge in [-0.05, 0) is 31.2 Å². The lowest BCUT2D eigenvalue weighted by molar-refractivity contribution is -0.121. The maximum atomic E-state index is 12.8. The normalized spacial score (nSPS) is 34.1. The van der Waals surface area contributed by atoms with Crippen LogP contribution in [0.25, 0.3) is 0 Å². The van der Waals surface area contributed by atoms with E-state index in [1.54, 1.807) is 12.1 Å². The number of carbonyl (C=O) groups excluding carboxylic acids is 2. The minimum Gasteiger partial charge on any atom is -0.345 e. The number of rotatable bonds is 1. The fraction of sp³-hybridized carbons (Fsp3) is 0.529. The molecule has 1 aromatic rings. The molecule has 6 heteroatoms. The lowest BCUT2D eigenvalue weighted by Gasteiger charge is -2.33. The highest BCUT2D eigenvalue weighted by Gasteiger charge is 2.50. The van der Waals surface area contributed by atoms with Gasteiger partial charge in [-0.2, -0.15) is 11.8 Å². The van der Waals surface area contributed by atoms with E-state index in [1.807, 2.05) is 30.8 Å². The van der Waals surface area contributed by atoms with E-state index >= 15 is 0 Å². The van der Waals surface area contributed by atoms with Gasteiger partial charge in [0.2, 0.25) is 5.91 Å². The Balaban J connectivity index is 1.66. The molecule has 0 radical (unpaired) electrons. The van der Waals surface area contributed by atoms with Crippen LogP contribution >= 0.6 is 11.8 Å². The fourth-order valence-corrected chi connectivity index (χ4v) is 5.21. The number of benzene rings is 1. The van der Waals surface area contributed by atoms with Gasteiger partial charge >= 0.3 is 0 Å². The summed E-state index contributed by atoms with van der Waals surface area (Å²) in [5.41, 5.74) is 0.629. The molecule has 5 nitrogen and oxygen atoms in total. The molecule has 2 amide bonds. The van der Waals surface area contributed by atoms with Crippen LogP contribution in [0.15, 0.2) is 24.3 Å². The Labute approximate surface area is 140 Å². The van der Waals surface area contributed by atoms with E-state index in [1.165, 1.54) is 12.2 Å². The van der Waals surface area contributed by atoms with Gasteiger partial charge in [-0.15, -0.1) is 0 Å². The van der Waals surface area contributed by atoms with E-state index in [2.05, 4.69) is 15.5 Å². The van der Waals surface area contributed by atoms with E-state index in [0.717, 1.165) is 18.8 Å². The summed E-state index contributed by atoms with van der Waals surface area (Å²) in [6, 6.07) is 7.73. The van der Waals surface area contributed by atoms with E-state index in [9.17, 15) is 9.59 Å². The van der Waals surface area contributed by atoms with Crippen molar-refractivity contribution in [1.29, 1.82) is 0 Å². The second-order valence-corrected chi connectivity index (χ2v) is 8.06. The molecule has 3 atom stereocenters. The summed E-state index contributed by atoms with van der Waals surface area (Å²) in [6.45, 7) is 3.46. The van der Waals surface area contributed by atoms with Crippen LogP contribution in [0.1, 0.15) is 23.7 Å². The molecule has 2 saturated heterocycles. The molecular weight excluding hydrogens is 310 g/mol. The summed E-state index contributed by atoms with van der Waals surface area (Å²) in [5.74, 6) is 2.00. The molecule has 0 aliphatic carbocycles. The molecular formula is C17H21N3O2S. The number of hydrogen-bond acceptors (Lipinski definition) is 4. The number of likely N-dealkylation sites (tertiary alicyclic amines) is 1. The zero-order valence-electron chi connectivity index (χ0n) is 13.2. The number of carbonyl (C=O) groups is 2. The number of nitrogens with one attached hydrogen (secondary N) is 2. The smallest absolute Gasteiger partial charge is 0.253 e. The van der Waals surface area contributed by atoms with Crippen LogP contribution in [0.3, 0.4) is 0 Å². The van der Waals surface area contributed by atoms with Crippen LogP contribution in [-0.2, 0) is 4.79 Å². The number of amides is 2. The molecule has 3 aliphatic heterocycles. The largest absolute Gasteiger partial charge is 0.345 e. The Morgan fingerprint density at radius 3 is 2.91 bits per heavy atom. The van der Waals surface area contributed by atoms with Gasteiger partial charge in [-0.25, -0.2) is 0 Å². The Kier molecular flexibility index (Phi) is 3.61. The Hall–Kier alpha value is -1.53. The maximum absolute atomic E-state index is 12.8. The molecule has 0 spiro atoms. The lowest BCUT2D eigenvalue weighted by atomic mass is 9.86. The van der Waals surface area contributed by atoms with Crippen LogP contribution < -0.4 is 10.6 Å². The zero-order valence-corrected chi connectivity index (χ0v) is 14.0. The van der Waals surface area contributed by atoms with Crippen molar-refractivity contribution in [3.05, 3.63) is 29.8 Å². The van der Waals surface area contributed by atoms with Crippen molar-refractivity contribution in [3.8, 4) is 0 Å². The Morgan fingerprint density at radius 1 is 1.30 bits per heavy atom. The molecule has 122 valence electrons. The number of thioether (sulfide) groups is 1. The fourth-order valence-electron chi connectivity index (χ4n) is 3.96. The molecule has 1 aromatic carbocycles. The first-order chi connectivity index (χ1) is 11.1. The van der Waals surface area contributed by atoms with E-state index < -0.39 is 5.54 Å². The van der Waals surface area contributed by atoms with Crippen molar-refractivity contribution >= 4 is 29.3 Å². The van der Waals surface area contributed by atoms with Crippen molar-refractivity contribution in [1.82, 2.24) is 10.2 Å². The molecule has 0 saturated carbocycles. The monoisotopic (exact) mass is 331 g/mol. The summed E-state index contributed by atoms with van der Waals surface area (Å²) in [6.07, 6.45) is 1.17. The van der Waals surface area contributed by atoms with Crippen molar-refractivity contribution in [3.63, 3.8) is 0 Å². The van der Waals surface area contributed by atoms with Crippen LogP contribution in [-0.4, -0.2) is 52.9 Å². The first-order valence-electron chi connectivity index (χ1n) is 8.11. The number of hydrogen-bond donors (Lipinski definition) is 2. The molecule has 2 fully saturated rings. The first kappa shape index (κ1) is 15.0. The molecule has 4 rings (SSSR count). The average Bonchev–Trinajstić information content (AvgIpc) is 3.14. The van der Waals surface area contributed by atoms with Gasteiger partial charge in [-0.3, -0.25) is 14.5 Å². The molecule has 3 heterocycles. The quantitative estimate of drug-likeness (QED) is 0.820. The average molecular weight is 331 g/mol. The van der Waals surface area contributed by atoms with Gasteiger partial charge in [-0.1, -0.05) is 12.1 Å². The standard InChI is InChI=1S/C17H21N3O2S/c1-17-10-20(11-6-7-23-9-11)8-13(17)16(22)18-14-5-3-2-4-12(14)15(21)19-17/h2-5,11,13H,6-10H2,1H3,(H,18,22)(H,19,21)/t11-,13-,17-/m0/s1. The highest BCUT2D eigenvalue weighted by atomic mass is 32.2. The SMILES string of the molecule is C[C@]12CN([C@H]3CCSC3)C[C@H]1C(=O)Nc1ccccc1C(=O)N2. The van der Waals surface area contributed by atoms with Crippen molar-refractivity contribution < 1.29 is 9.59 Å². The van der Waals surface area contributed by atoms with Gasteiger partial charge in [0.25, 0.3) is 5.91 Å². The predicted octanol–water partition coefficient (Wildman–Crippen LogP) is 1.56. The first-order valence-corrected chi connectivity index (χ1v) is 9.26. The van der Waals surface area contributed by atoms with Gasteiger partial charge in [0.1, 0.15) is 0 Å². The molecule has 23 heavy (non-hydrogen) atoms. The summed E-state index contributed by atoms with van der Waals surface area (Å²) < 4.78 is 0. The van der Waals surface area contributed by atoms with Crippen molar-refractivity contribution in [2.45, 2.75) is 24.9 Å². The van der Waals surface area contributed by atoms with Crippen LogP contribution in [0.5, 0.6) is 0 Å². The van der Waals surface area contributed by atoms with Crippen molar-refractivity contribution in [2.75, 3.05) is 29.9 Å². The Bertz CT molecular complexity index is 659. The molecule has 0 aromatic heterocycles. The number of fused-ring (bicyclic) bond motifs is 2. The zero-order chi connectivity index (χ0) is 16.0. The van der Waals surface area contributed by atoms with E-state index in [0.29, 0.717) is 17.3 Å². The third kappa shape index (κ3) is 2.54. The number of nitrogens with zero attached hydrogens (tertiary/aromatic N) is 1. The van der Waals surface area contributed by atoms with Crippen LogP contribution in [0.4, 0.5) is 5.69 Å². The van der Waals surface area contributed by atoms with E-state index in [4.69, 9.17) is 0 Å². The third-order valence-corrected chi connectivity index (χ3v) is 6.43. The summed E-state index contributed by atoms with van der Waals surface area (Å²) >= 11 is 1.97. The minimum absolute atomic E-state index is 0.00750. The number of anilines is 1. The number of para-hydroxylation sites is 1. The van der Waals surface area contributed by atoms with Crippen LogP contribution in [0, 0.1) is 5.92 Å². The third-order valence-electron chi connectivity index (χ3n) is 5.28. The lowest BCUT2D eigenvalue weighted by Crippen LogP contribution is -2.56. The topological polar surface area (TPSA) is 61.4 Å². The second-order valence-electron chi connectivity index (χ2n) is 6.91. The minimum atomic E-state index is -0.512. The molecule has 2 N–H and O–H groups in total. The maximum Gasteiger partial charge on any atom is 0.253 e. The summed E-state index contributed by atoms with van der Waals surface area (Å²) in [7, 11) is 0. The van der Waals surface area contributed by atoms with Crippen molar-refractivity contribution in [2.24, 2.45) is 5.92 Å². The van der Waals surface area contributed by atoms with Gasteiger partial charge in [0.05, 0.1) is 22.7 Å². The molecule has 3 aliphatic rings.